The Morgan fingerprint density at radius 2 is 2.00 bits per heavy atom. The van der Waals surface area contributed by atoms with Gasteiger partial charge in [0.25, 0.3) is 0 Å². The van der Waals surface area contributed by atoms with Crippen LogP contribution in [-0.4, -0.2) is 67.9 Å². The van der Waals surface area contributed by atoms with Crippen LogP contribution in [0, 0.1) is 0 Å². The van der Waals surface area contributed by atoms with E-state index in [4.69, 9.17) is 15.2 Å². The zero-order valence-corrected chi connectivity index (χ0v) is 11.9. The van der Waals surface area contributed by atoms with E-state index in [9.17, 15) is 4.79 Å². The molecule has 2 aliphatic heterocycles. The van der Waals surface area contributed by atoms with Crippen molar-refractivity contribution in [2.24, 2.45) is 5.73 Å². The Bertz CT molecular complexity index is 321. The molecule has 2 rings (SSSR count). The molecule has 0 aromatic rings. The smallest absolute Gasteiger partial charge is 0.242 e. The number of morpholine rings is 1. The monoisotopic (exact) mass is 271 g/mol. The maximum atomic E-state index is 12.1. The summed E-state index contributed by atoms with van der Waals surface area (Å²) in [5, 5.41) is 2.98. The molecule has 1 atom stereocenters. The Balaban J connectivity index is 1.84. The summed E-state index contributed by atoms with van der Waals surface area (Å²) >= 11 is 0. The fraction of sp³-hybridized carbons (Fsp3) is 0.923. The summed E-state index contributed by atoms with van der Waals surface area (Å²) in [6, 6.07) is 0. The van der Waals surface area contributed by atoms with Gasteiger partial charge in [0.05, 0.1) is 19.8 Å². The first-order chi connectivity index (χ1) is 8.94. The highest BCUT2D eigenvalue weighted by Gasteiger charge is 2.39. The molecule has 2 fully saturated rings. The highest BCUT2D eigenvalue weighted by Crippen LogP contribution is 2.18. The highest BCUT2D eigenvalue weighted by molar-refractivity contribution is 5.86. The van der Waals surface area contributed by atoms with Crippen molar-refractivity contribution in [1.82, 2.24) is 10.2 Å². The van der Waals surface area contributed by atoms with E-state index < -0.39 is 5.54 Å². The Morgan fingerprint density at radius 3 is 2.58 bits per heavy atom. The first kappa shape index (κ1) is 14.7. The van der Waals surface area contributed by atoms with Gasteiger partial charge in [-0.15, -0.1) is 0 Å². The van der Waals surface area contributed by atoms with Gasteiger partial charge in [0, 0.05) is 31.8 Å². The van der Waals surface area contributed by atoms with Crippen LogP contribution in [0.1, 0.15) is 20.3 Å². The first-order valence-electron chi connectivity index (χ1n) is 6.92. The third-order valence-corrected chi connectivity index (χ3v) is 4.05. The summed E-state index contributed by atoms with van der Waals surface area (Å²) < 4.78 is 10.6. The molecule has 0 bridgehead atoms. The zero-order chi connectivity index (χ0) is 13.9. The molecule has 0 spiro atoms. The van der Waals surface area contributed by atoms with Crippen LogP contribution >= 0.6 is 0 Å². The number of amides is 1. The zero-order valence-electron chi connectivity index (χ0n) is 11.9. The summed E-state index contributed by atoms with van der Waals surface area (Å²) in [5.41, 5.74) is 5.11. The molecular formula is C13H25N3O3. The van der Waals surface area contributed by atoms with E-state index in [0.717, 1.165) is 26.3 Å². The largest absolute Gasteiger partial charge is 0.379 e. The van der Waals surface area contributed by atoms with Crippen molar-refractivity contribution in [2.75, 3.05) is 46.1 Å². The van der Waals surface area contributed by atoms with Crippen LogP contribution < -0.4 is 11.1 Å². The second-order valence-electron chi connectivity index (χ2n) is 6.05. The molecule has 2 heterocycles. The number of nitrogens with one attached hydrogen (secondary N) is 1. The molecule has 0 saturated carbocycles. The molecule has 0 aromatic carbocycles. The molecule has 1 unspecified atom stereocenters. The first-order valence-corrected chi connectivity index (χ1v) is 6.92. The highest BCUT2D eigenvalue weighted by atomic mass is 16.5. The average Bonchev–Trinajstić information content (AvgIpc) is 2.85. The van der Waals surface area contributed by atoms with Crippen molar-refractivity contribution in [2.45, 2.75) is 31.3 Å². The van der Waals surface area contributed by atoms with Gasteiger partial charge in [0.15, 0.2) is 0 Å². The summed E-state index contributed by atoms with van der Waals surface area (Å²) in [6.45, 7) is 9.05. The number of nitrogens with two attached hydrogens (primary N) is 1. The third-order valence-electron chi connectivity index (χ3n) is 4.05. The molecular weight excluding hydrogens is 246 g/mol. The van der Waals surface area contributed by atoms with E-state index in [-0.39, 0.29) is 11.4 Å². The van der Waals surface area contributed by atoms with Crippen molar-refractivity contribution in [3.8, 4) is 0 Å². The van der Waals surface area contributed by atoms with Gasteiger partial charge in [0.2, 0.25) is 5.91 Å². The second-order valence-corrected chi connectivity index (χ2v) is 6.05. The number of rotatable bonds is 4. The predicted octanol–water partition coefficient (Wildman–Crippen LogP) is -0.669. The van der Waals surface area contributed by atoms with Gasteiger partial charge >= 0.3 is 0 Å². The minimum atomic E-state index is -0.846. The van der Waals surface area contributed by atoms with Crippen molar-refractivity contribution >= 4 is 5.91 Å². The van der Waals surface area contributed by atoms with Crippen LogP contribution in [0.2, 0.25) is 0 Å². The fourth-order valence-electron chi connectivity index (χ4n) is 2.51. The molecule has 6 nitrogen and oxygen atoms in total. The van der Waals surface area contributed by atoms with Crippen LogP contribution in [0.5, 0.6) is 0 Å². The Morgan fingerprint density at radius 1 is 1.32 bits per heavy atom. The molecule has 0 aromatic heterocycles. The van der Waals surface area contributed by atoms with E-state index in [0.29, 0.717) is 26.2 Å². The number of hydrogen-bond acceptors (Lipinski definition) is 5. The van der Waals surface area contributed by atoms with Gasteiger partial charge in [-0.05, 0) is 20.3 Å². The number of carbonyl (C=O) groups excluding carboxylic acids is 1. The molecule has 110 valence electrons. The van der Waals surface area contributed by atoms with Crippen LogP contribution in [0.15, 0.2) is 0 Å². The average molecular weight is 271 g/mol. The molecule has 0 aliphatic carbocycles. The van der Waals surface area contributed by atoms with Gasteiger partial charge in [0.1, 0.15) is 5.54 Å². The van der Waals surface area contributed by atoms with Gasteiger partial charge in [-0.25, -0.2) is 0 Å². The quantitative estimate of drug-likeness (QED) is 0.709. The number of ether oxygens (including phenoxy) is 2. The normalized spacial score (nSPS) is 29.4. The molecule has 3 N–H and O–H groups in total. The summed E-state index contributed by atoms with van der Waals surface area (Å²) in [4.78, 5) is 14.5. The van der Waals surface area contributed by atoms with Gasteiger partial charge in [-0.3, -0.25) is 9.69 Å². The lowest BCUT2D eigenvalue weighted by atomic mass is 9.97. The lowest BCUT2D eigenvalue weighted by molar-refractivity contribution is -0.127. The maximum Gasteiger partial charge on any atom is 0.242 e. The summed E-state index contributed by atoms with van der Waals surface area (Å²) in [6.07, 6.45) is 0.594. The van der Waals surface area contributed by atoms with Gasteiger partial charge < -0.3 is 20.5 Å². The van der Waals surface area contributed by atoms with Crippen molar-refractivity contribution in [3.05, 3.63) is 0 Å². The number of carbonyl (C=O) groups is 1. The summed E-state index contributed by atoms with van der Waals surface area (Å²) in [5.74, 6) is -0.105. The van der Waals surface area contributed by atoms with E-state index in [1.54, 1.807) is 0 Å². The van der Waals surface area contributed by atoms with Crippen molar-refractivity contribution < 1.29 is 14.3 Å². The molecule has 19 heavy (non-hydrogen) atoms. The van der Waals surface area contributed by atoms with Gasteiger partial charge in [-0.1, -0.05) is 0 Å². The van der Waals surface area contributed by atoms with Crippen molar-refractivity contribution in [3.63, 3.8) is 0 Å². The Labute approximate surface area is 114 Å². The van der Waals surface area contributed by atoms with Crippen LogP contribution in [-0.2, 0) is 14.3 Å². The Hall–Kier alpha value is -0.690. The molecule has 0 radical (unpaired) electrons. The van der Waals surface area contributed by atoms with Crippen LogP contribution in [0.4, 0.5) is 0 Å². The second kappa shape index (κ2) is 5.75. The standard InChI is InChI=1S/C13H25N3O3/c1-12(2,16-4-7-18-8-5-16)9-15-11(17)13(14)3-6-19-10-13/h3-10,14H2,1-2H3,(H,15,17). The van der Waals surface area contributed by atoms with Gasteiger partial charge in [-0.2, -0.15) is 0 Å². The van der Waals surface area contributed by atoms with E-state index in [1.807, 2.05) is 0 Å². The van der Waals surface area contributed by atoms with Crippen LogP contribution in [0.3, 0.4) is 0 Å². The van der Waals surface area contributed by atoms with Crippen molar-refractivity contribution in [1.29, 1.82) is 0 Å². The minimum absolute atomic E-state index is 0.0880. The molecule has 2 aliphatic rings. The SMILES string of the molecule is CC(C)(CNC(=O)C1(N)CCOC1)N1CCOCC1. The maximum absolute atomic E-state index is 12.1. The number of hydrogen-bond donors (Lipinski definition) is 2. The van der Waals surface area contributed by atoms with E-state index >= 15 is 0 Å². The van der Waals surface area contributed by atoms with E-state index in [2.05, 4.69) is 24.1 Å². The molecule has 1 amide bonds. The number of nitrogens with zero attached hydrogens (tertiary/aromatic N) is 1. The summed E-state index contributed by atoms with van der Waals surface area (Å²) in [7, 11) is 0. The lowest BCUT2D eigenvalue weighted by Crippen LogP contribution is -2.60. The minimum Gasteiger partial charge on any atom is -0.379 e. The molecule has 2 saturated heterocycles. The topological polar surface area (TPSA) is 76.8 Å². The fourth-order valence-corrected chi connectivity index (χ4v) is 2.51. The van der Waals surface area contributed by atoms with Crippen LogP contribution in [0.25, 0.3) is 0 Å². The molecule has 6 heteroatoms. The predicted molar refractivity (Wildman–Crippen MR) is 71.8 cm³/mol. The third kappa shape index (κ3) is 3.45. The Kier molecular flexibility index (Phi) is 4.45. The van der Waals surface area contributed by atoms with E-state index in [1.165, 1.54) is 0 Å². The lowest BCUT2D eigenvalue weighted by Gasteiger charge is -2.41.